The molecule has 3 aromatic carbocycles. The third-order valence-electron chi connectivity index (χ3n) is 5.56. The average molecular weight is 437 g/mol. The van der Waals surface area contributed by atoms with Gasteiger partial charge in [0, 0.05) is 23.4 Å². The van der Waals surface area contributed by atoms with E-state index in [0.29, 0.717) is 29.0 Å². The van der Waals surface area contributed by atoms with Crippen molar-refractivity contribution in [2.45, 2.75) is 6.42 Å². The number of carbonyl (C=O) groups excluding carboxylic acids is 3. The lowest BCUT2D eigenvalue weighted by Gasteiger charge is -2.13. The highest BCUT2D eigenvalue weighted by molar-refractivity contribution is 6.22. The zero-order chi connectivity index (χ0) is 22.8. The molecule has 162 valence electrons. The number of rotatable bonds is 6. The van der Waals surface area contributed by atoms with Gasteiger partial charge in [0.2, 0.25) is 0 Å². The zero-order valence-corrected chi connectivity index (χ0v) is 17.5. The third-order valence-corrected chi connectivity index (χ3v) is 5.56. The number of fused-ring (bicyclic) bond motifs is 1. The lowest BCUT2D eigenvalue weighted by atomic mass is 10.1. The first-order valence-corrected chi connectivity index (χ1v) is 10.4. The molecule has 0 fully saturated rings. The average Bonchev–Trinajstić information content (AvgIpc) is 3.46. The van der Waals surface area contributed by atoms with Gasteiger partial charge in [-0.2, -0.15) is 0 Å². The van der Waals surface area contributed by atoms with Gasteiger partial charge in [0.15, 0.2) is 12.2 Å². The molecule has 5 rings (SSSR count). The monoisotopic (exact) mass is 437 g/mol. The Morgan fingerprint density at radius 3 is 2.39 bits per heavy atom. The third kappa shape index (κ3) is 4.04. The molecule has 33 heavy (non-hydrogen) atoms. The highest BCUT2D eigenvalue weighted by Crippen LogP contribution is 2.25. The maximum Gasteiger partial charge on any atom is 0.261 e. The van der Waals surface area contributed by atoms with Crippen LogP contribution in [0.25, 0.3) is 11.3 Å². The van der Waals surface area contributed by atoms with Crippen LogP contribution in [0.5, 0.6) is 0 Å². The van der Waals surface area contributed by atoms with E-state index in [1.807, 2.05) is 42.5 Å². The summed E-state index contributed by atoms with van der Waals surface area (Å²) in [5.74, 6) is -0.447. The standard InChI is InChI=1S/C26H19N3O4/c30-24(28-20-9-6-18(7-10-20)23-15-27-16-33-23)19-8-11-21-22(14-19)26(32)29(25(21)31)13-12-17-4-2-1-3-5-17/h1-11,14-16H,12-13H2,(H,28,30). The number of hydrogen-bond acceptors (Lipinski definition) is 5. The minimum absolute atomic E-state index is 0.251. The van der Waals surface area contributed by atoms with Crippen LogP contribution in [-0.4, -0.2) is 34.2 Å². The summed E-state index contributed by atoms with van der Waals surface area (Å²) in [6, 6.07) is 21.4. The number of benzene rings is 3. The number of oxazole rings is 1. The molecule has 4 aromatic rings. The Labute approximate surface area is 189 Å². The molecule has 7 nitrogen and oxygen atoms in total. The first kappa shape index (κ1) is 20.4. The second kappa shape index (κ2) is 8.55. The Bertz CT molecular complexity index is 1330. The van der Waals surface area contributed by atoms with Crippen molar-refractivity contribution in [1.29, 1.82) is 0 Å². The molecule has 3 amide bonds. The van der Waals surface area contributed by atoms with Crippen LogP contribution >= 0.6 is 0 Å². The van der Waals surface area contributed by atoms with Gasteiger partial charge in [-0.05, 0) is 54.4 Å². The van der Waals surface area contributed by atoms with Crippen LogP contribution in [0.15, 0.2) is 89.8 Å². The molecule has 1 N–H and O–H groups in total. The summed E-state index contributed by atoms with van der Waals surface area (Å²) < 4.78 is 5.26. The van der Waals surface area contributed by atoms with Crippen LogP contribution < -0.4 is 5.32 Å². The second-order valence-corrected chi connectivity index (χ2v) is 7.66. The number of hydrogen-bond donors (Lipinski definition) is 1. The molecule has 2 heterocycles. The van der Waals surface area contributed by atoms with Gasteiger partial charge in [0.05, 0.1) is 17.3 Å². The maximum absolute atomic E-state index is 12.9. The molecule has 0 spiro atoms. The van der Waals surface area contributed by atoms with Gasteiger partial charge >= 0.3 is 0 Å². The van der Waals surface area contributed by atoms with E-state index in [0.717, 1.165) is 11.1 Å². The molecule has 0 unspecified atom stereocenters. The lowest BCUT2D eigenvalue weighted by molar-refractivity contribution is 0.0656. The number of aromatic nitrogens is 1. The van der Waals surface area contributed by atoms with Crippen molar-refractivity contribution in [3.8, 4) is 11.3 Å². The lowest BCUT2D eigenvalue weighted by Crippen LogP contribution is -2.31. The van der Waals surface area contributed by atoms with E-state index < -0.39 is 0 Å². The van der Waals surface area contributed by atoms with E-state index in [-0.39, 0.29) is 29.8 Å². The molecule has 0 saturated carbocycles. The van der Waals surface area contributed by atoms with Gasteiger partial charge in [-0.1, -0.05) is 30.3 Å². The van der Waals surface area contributed by atoms with Crippen molar-refractivity contribution in [3.05, 3.63) is 108 Å². The Morgan fingerprint density at radius 1 is 0.909 bits per heavy atom. The van der Waals surface area contributed by atoms with Crippen LogP contribution in [0.1, 0.15) is 36.6 Å². The summed E-state index contributed by atoms with van der Waals surface area (Å²) in [7, 11) is 0. The highest BCUT2D eigenvalue weighted by atomic mass is 16.3. The molecule has 1 aromatic heterocycles. The van der Waals surface area contributed by atoms with E-state index in [1.54, 1.807) is 30.5 Å². The zero-order valence-electron chi connectivity index (χ0n) is 17.5. The minimum atomic E-state index is -0.378. The summed E-state index contributed by atoms with van der Waals surface area (Å²) >= 11 is 0. The number of anilines is 1. The first-order chi connectivity index (χ1) is 16.1. The molecule has 0 saturated heterocycles. The Balaban J connectivity index is 1.29. The van der Waals surface area contributed by atoms with Crippen molar-refractivity contribution in [1.82, 2.24) is 9.88 Å². The van der Waals surface area contributed by atoms with E-state index in [9.17, 15) is 14.4 Å². The number of nitrogens with one attached hydrogen (secondary N) is 1. The number of nitrogens with zero attached hydrogens (tertiary/aromatic N) is 2. The molecule has 0 bridgehead atoms. The van der Waals surface area contributed by atoms with E-state index in [4.69, 9.17) is 4.42 Å². The van der Waals surface area contributed by atoms with Gasteiger partial charge in [0.1, 0.15) is 0 Å². The van der Waals surface area contributed by atoms with Gasteiger partial charge in [0.25, 0.3) is 17.7 Å². The molecular formula is C26H19N3O4. The molecule has 0 radical (unpaired) electrons. The fourth-order valence-electron chi connectivity index (χ4n) is 3.80. The quantitative estimate of drug-likeness (QED) is 0.451. The SMILES string of the molecule is O=C(Nc1ccc(-c2cnco2)cc1)c1ccc2c(c1)C(=O)N(CCc1ccccc1)C2=O. The topological polar surface area (TPSA) is 92.5 Å². The van der Waals surface area contributed by atoms with Crippen LogP contribution in [0.2, 0.25) is 0 Å². The summed E-state index contributed by atoms with van der Waals surface area (Å²) in [6.07, 6.45) is 3.54. The molecular weight excluding hydrogens is 418 g/mol. The van der Waals surface area contributed by atoms with Crippen LogP contribution in [0, 0.1) is 0 Å². The van der Waals surface area contributed by atoms with Gasteiger partial charge < -0.3 is 9.73 Å². The Hall–Kier alpha value is -4.52. The van der Waals surface area contributed by atoms with Crippen LogP contribution in [0.4, 0.5) is 5.69 Å². The van der Waals surface area contributed by atoms with Crippen molar-refractivity contribution < 1.29 is 18.8 Å². The second-order valence-electron chi connectivity index (χ2n) is 7.66. The van der Waals surface area contributed by atoms with Crippen LogP contribution in [-0.2, 0) is 6.42 Å². The summed E-state index contributed by atoms with van der Waals surface area (Å²) in [6.45, 7) is 0.287. The van der Waals surface area contributed by atoms with Crippen LogP contribution in [0.3, 0.4) is 0 Å². The number of imide groups is 1. The molecule has 1 aliphatic heterocycles. The van der Waals surface area contributed by atoms with E-state index in [1.165, 1.54) is 17.4 Å². The number of amides is 3. The van der Waals surface area contributed by atoms with E-state index in [2.05, 4.69) is 10.3 Å². The Morgan fingerprint density at radius 2 is 1.67 bits per heavy atom. The van der Waals surface area contributed by atoms with Crippen molar-refractivity contribution >= 4 is 23.4 Å². The normalized spacial score (nSPS) is 12.7. The van der Waals surface area contributed by atoms with Gasteiger partial charge in [-0.25, -0.2) is 4.98 Å². The molecule has 0 atom stereocenters. The summed E-state index contributed by atoms with van der Waals surface area (Å²) in [5.41, 5.74) is 3.35. The van der Waals surface area contributed by atoms with Gasteiger partial charge in [-0.3, -0.25) is 19.3 Å². The number of carbonyl (C=O) groups is 3. The maximum atomic E-state index is 12.9. The Kier molecular flexibility index (Phi) is 5.28. The molecule has 1 aliphatic rings. The largest absolute Gasteiger partial charge is 0.444 e. The summed E-state index contributed by atoms with van der Waals surface area (Å²) in [5, 5.41) is 2.81. The fraction of sp³-hybridized carbons (Fsp3) is 0.0769. The summed E-state index contributed by atoms with van der Waals surface area (Å²) in [4.78, 5) is 43.5. The molecule has 0 aliphatic carbocycles. The van der Waals surface area contributed by atoms with Crippen molar-refractivity contribution in [3.63, 3.8) is 0 Å². The van der Waals surface area contributed by atoms with Crippen molar-refractivity contribution in [2.24, 2.45) is 0 Å². The predicted octanol–water partition coefficient (Wildman–Crippen LogP) is 4.43. The molecule has 7 heteroatoms. The predicted molar refractivity (Wildman–Crippen MR) is 122 cm³/mol. The first-order valence-electron chi connectivity index (χ1n) is 10.4. The smallest absolute Gasteiger partial charge is 0.261 e. The highest BCUT2D eigenvalue weighted by Gasteiger charge is 2.35. The minimum Gasteiger partial charge on any atom is -0.444 e. The van der Waals surface area contributed by atoms with Gasteiger partial charge in [-0.15, -0.1) is 0 Å². The van der Waals surface area contributed by atoms with Crippen molar-refractivity contribution in [2.75, 3.05) is 11.9 Å². The fourth-order valence-corrected chi connectivity index (χ4v) is 3.80. The van der Waals surface area contributed by atoms with E-state index >= 15 is 0 Å².